The molecular formula is C18H21N5O2. The molecule has 0 aliphatic carbocycles. The predicted molar refractivity (Wildman–Crippen MR) is 95.2 cm³/mol. The molecule has 1 saturated heterocycles. The molecule has 1 aliphatic heterocycles. The molecule has 2 aromatic rings. The van der Waals surface area contributed by atoms with E-state index in [-0.39, 0.29) is 17.4 Å². The third-order valence-electron chi connectivity index (χ3n) is 4.22. The van der Waals surface area contributed by atoms with Gasteiger partial charge in [-0.3, -0.25) is 9.59 Å². The maximum atomic E-state index is 12.6. The van der Waals surface area contributed by atoms with Crippen LogP contribution in [0.3, 0.4) is 0 Å². The first-order valence-electron chi connectivity index (χ1n) is 8.42. The first-order chi connectivity index (χ1) is 12.1. The highest BCUT2D eigenvalue weighted by Crippen LogP contribution is 2.16. The minimum Gasteiger partial charge on any atom is -0.382 e. The summed E-state index contributed by atoms with van der Waals surface area (Å²) in [6, 6.07) is 6.86. The molecule has 0 spiro atoms. The maximum Gasteiger partial charge on any atom is 0.278 e. The van der Waals surface area contributed by atoms with Crippen LogP contribution in [0.2, 0.25) is 0 Å². The number of likely N-dealkylation sites (tertiary alicyclic amines) is 1. The summed E-state index contributed by atoms with van der Waals surface area (Å²) >= 11 is 0. The molecule has 130 valence electrons. The zero-order valence-corrected chi connectivity index (χ0v) is 13.9. The minimum atomic E-state index is -0.433. The van der Waals surface area contributed by atoms with E-state index in [1.807, 2.05) is 4.90 Å². The van der Waals surface area contributed by atoms with Gasteiger partial charge in [-0.15, -0.1) is 0 Å². The van der Waals surface area contributed by atoms with Crippen LogP contribution in [0.25, 0.3) is 0 Å². The van der Waals surface area contributed by atoms with Crippen LogP contribution in [-0.4, -0.2) is 39.8 Å². The molecule has 25 heavy (non-hydrogen) atoms. The molecule has 1 aliphatic rings. The van der Waals surface area contributed by atoms with Crippen LogP contribution >= 0.6 is 0 Å². The Balaban J connectivity index is 1.66. The topological polar surface area (TPSA) is 101 Å². The molecule has 1 aromatic carbocycles. The highest BCUT2D eigenvalue weighted by molar-refractivity contribution is 6.05. The van der Waals surface area contributed by atoms with Gasteiger partial charge >= 0.3 is 0 Å². The van der Waals surface area contributed by atoms with Gasteiger partial charge in [-0.25, -0.2) is 9.97 Å². The van der Waals surface area contributed by atoms with E-state index in [2.05, 4.69) is 15.3 Å². The Morgan fingerprint density at radius 3 is 2.24 bits per heavy atom. The number of nitrogens with zero attached hydrogens (tertiary/aromatic N) is 3. The van der Waals surface area contributed by atoms with E-state index >= 15 is 0 Å². The van der Waals surface area contributed by atoms with Crippen LogP contribution in [0.5, 0.6) is 0 Å². The number of carbonyl (C=O) groups excluding carboxylic acids is 2. The van der Waals surface area contributed by atoms with E-state index in [0.717, 1.165) is 25.9 Å². The van der Waals surface area contributed by atoms with Gasteiger partial charge in [0.2, 0.25) is 0 Å². The molecule has 0 atom stereocenters. The minimum absolute atomic E-state index is 0.0398. The maximum absolute atomic E-state index is 12.6. The molecule has 2 heterocycles. The number of amides is 2. The predicted octanol–water partition coefficient (Wildman–Crippen LogP) is 2.33. The van der Waals surface area contributed by atoms with Gasteiger partial charge in [-0.1, -0.05) is 12.8 Å². The molecule has 1 fully saturated rings. The van der Waals surface area contributed by atoms with E-state index in [4.69, 9.17) is 5.73 Å². The Hall–Kier alpha value is -2.96. The number of nitrogen functional groups attached to an aromatic ring is 1. The Kier molecular flexibility index (Phi) is 5.23. The van der Waals surface area contributed by atoms with Crippen LogP contribution in [0.1, 0.15) is 46.5 Å². The third-order valence-corrected chi connectivity index (χ3v) is 4.22. The molecule has 1 aromatic heterocycles. The number of hydrogen-bond donors (Lipinski definition) is 2. The summed E-state index contributed by atoms with van der Waals surface area (Å²) in [6.07, 6.45) is 7.31. The van der Waals surface area contributed by atoms with E-state index < -0.39 is 5.91 Å². The lowest BCUT2D eigenvalue weighted by Crippen LogP contribution is -2.31. The van der Waals surface area contributed by atoms with Gasteiger partial charge in [-0.05, 0) is 37.1 Å². The summed E-state index contributed by atoms with van der Waals surface area (Å²) in [5.74, 6) is -0.317. The number of hydrogen-bond acceptors (Lipinski definition) is 5. The monoisotopic (exact) mass is 339 g/mol. The van der Waals surface area contributed by atoms with Gasteiger partial charge < -0.3 is 16.0 Å². The van der Waals surface area contributed by atoms with Crippen molar-refractivity contribution in [2.24, 2.45) is 0 Å². The summed E-state index contributed by atoms with van der Waals surface area (Å²) in [7, 11) is 0. The van der Waals surface area contributed by atoms with Crippen LogP contribution in [0.15, 0.2) is 36.7 Å². The fraction of sp³-hybridized carbons (Fsp3) is 0.333. The summed E-state index contributed by atoms with van der Waals surface area (Å²) in [6.45, 7) is 1.62. The first-order valence-corrected chi connectivity index (χ1v) is 8.42. The van der Waals surface area contributed by atoms with Crippen molar-refractivity contribution in [1.82, 2.24) is 14.9 Å². The van der Waals surface area contributed by atoms with E-state index in [1.165, 1.54) is 25.2 Å². The molecule has 7 heteroatoms. The molecule has 0 radical (unpaired) electrons. The second-order valence-electron chi connectivity index (χ2n) is 6.03. The largest absolute Gasteiger partial charge is 0.382 e. The van der Waals surface area contributed by atoms with E-state index in [9.17, 15) is 9.59 Å². The molecule has 0 saturated carbocycles. The van der Waals surface area contributed by atoms with Gasteiger partial charge in [0.05, 0.1) is 0 Å². The lowest BCUT2D eigenvalue weighted by atomic mass is 10.1. The molecule has 0 unspecified atom stereocenters. The van der Waals surface area contributed by atoms with Crippen LogP contribution in [0.4, 0.5) is 11.5 Å². The molecule has 2 amide bonds. The fourth-order valence-corrected chi connectivity index (χ4v) is 2.87. The van der Waals surface area contributed by atoms with Crippen molar-refractivity contribution < 1.29 is 9.59 Å². The number of aromatic nitrogens is 2. The number of benzene rings is 1. The average Bonchev–Trinajstić information content (AvgIpc) is 2.91. The van der Waals surface area contributed by atoms with E-state index in [0.29, 0.717) is 11.3 Å². The van der Waals surface area contributed by atoms with Crippen molar-refractivity contribution in [2.75, 3.05) is 24.1 Å². The standard InChI is InChI=1S/C18H21N5O2/c19-16-15(20-9-10-21-16)17(24)22-14-7-5-13(6-8-14)18(25)23-11-3-1-2-4-12-23/h5-10H,1-4,11-12H2,(H2,19,21)(H,22,24). The summed E-state index contributed by atoms with van der Waals surface area (Å²) in [5.41, 5.74) is 6.92. The number of nitrogens with one attached hydrogen (secondary N) is 1. The van der Waals surface area contributed by atoms with Gasteiger partial charge in [0.25, 0.3) is 11.8 Å². The first kappa shape index (κ1) is 16.9. The van der Waals surface area contributed by atoms with E-state index in [1.54, 1.807) is 24.3 Å². The van der Waals surface area contributed by atoms with Crippen molar-refractivity contribution in [2.45, 2.75) is 25.7 Å². The van der Waals surface area contributed by atoms with Crippen molar-refractivity contribution in [3.63, 3.8) is 0 Å². The Labute approximate surface area is 146 Å². The number of anilines is 2. The Morgan fingerprint density at radius 1 is 0.960 bits per heavy atom. The van der Waals surface area contributed by atoms with Gasteiger partial charge in [0, 0.05) is 36.7 Å². The number of rotatable bonds is 3. The van der Waals surface area contributed by atoms with Crippen LogP contribution < -0.4 is 11.1 Å². The van der Waals surface area contributed by atoms with Gasteiger partial charge in [0.1, 0.15) is 0 Å². The molecule has 7 nitrogen and oxygen atoms in total. The molecule has 0 bridgehead atoms. The summed E-state index contributed by atoms with van der Waals surface area (Å²) in [4.78, 5) is 34.4. The zero-order chi connectivity index (χ0) is 17.6. The normalized spacial score (nSPS) is 14.6. The van der Waals surface area contributed by atoms with Crippen molar-refractivity contribution >= 4 is 23.3 Å². The molecular weight excluding hydrogens is 318 g/mol. The van der Waals surface area contributed by atoms with Gasteiger partial charge in [-0.2, -0.15) is 0 Å². The highest BCUT2D eigenvalue weighted by atomic mass is 16.2. The fourth-order valence-electron chi connectivity index (χ4n) is 2.87. The lowest BCUT2D eigenvalue weighted by Gasteiger charge is -2.20. The van der Waals surface area contributed by atoms with Crippen LogP contribution in [-0.2, 0) is 0 Å². The third kappa shape index (κ3) is 4.12. The molecule has 3 N–H and O–H groups in total. The smallest absolute Gasteiger partial charge is 0.278 e. The van der Waals surface area contributed by atoms with Crippen molar-refractivity contribution in [1.29, 1.82) is 0 Å². The average molecular weight is 339 g/mol. The Bertz CT molecular complexity index is 752. The highest BCUT2D eigenvalue weighted by Gasteiger charge is 2.17. The summed E-state index contributed by atoms with van der Waals surface area (Å²) < 4.78 is 0. The van der Waals surface area contributed by atoms with Crippen molar-refractivity contribution in [3.8, 4) is 0 Å². The number of nitrogens with two attached hydrogens (primary N) is 1. The SMILES string of the molecule is Nc1nccnc1C(=O)Nc1ccc(C(=O)N2CCCCCC2)cc1. The van der Waals surface area contributed by atoms with Gasteiger partial charge in [0.15, 0.2) is 11.5 Å². The quantitative estimate of drug-likeness (QED) is 0.893. The Morgan fingerprint density at radius 2 is 1.60 bits per heavy atom. The summed E-state index contributed by atoms with van der Waals surface area (Å²) in [5, 5.41) is 2.71. The van der Waals surface area contributed by atoms with Crippen LogP contribution in [0, 0.1) is 0 Å². The number of carbonyl (C=O) groups is 2. The lowest BCUT2D eigenvalue weighted by molar-refractivity contribution is 0.0761. The molecule has 3 rings (SSSR count). The zero-order valence-electron chi connectivity index (χ0n) is 13.9. The van der Waals surface area contributed by atoms with Crippen molar-refractivity contribution in [3.05, 3.63) is 47.9 Å². The second kappa shape index (κ2) is 7.74. The second-order valence-corrected chi connectivity index (χ2v) is 6.03.